The first-order valence-corrected chi connectivity index (χ1v) is 9.61. The molecule has 0 saturated heterocycles. The molecule has 1 heterocycles. The summed E-state index contributed by atoms with van der Waals surface area (Å²) in [6.45, 7) is 0.0902. The number of amides is 1. The van der Waals surface area contributed by atoms with Crippen LogP contribution < -0.4 is 5.32 Å². The molecule has 4 rings (SSSR count). The summed E-state index contributed by atoms with van der Waals surface area (Å²) >= 11 is 6.22. The van der Waals surface area contributed by atoms with Gasteiger partial charge in [-0.1, -0.05) is 41.9 Å². The van der Waals surface area contributed by atoms with E-state index in [0.29, 0.717) is 16.5 Å². The largest absolute Gasteiger partial charge is 0.481 e. The Morgan fingerprint density at radius 3 is 2.61 bits per heavy atom. The molecule has 1 aliphatic carbocycles. The molecule has 1 aromatic heterocycles. The molecule has 0 radical (unpaired) electrons. The number of para-hydroxylation sites is 2. The summed E-state index contributed by atoms with van der Waals surface area (Å²) in [6, 6.07) is 14.0. The van der Waals surface area contributed by atoms with Crippen LogP contribution in [0.2, 0.25) is 5.02 Å². The van der Waals surface area contributed by atoms with E-state index in [1.165, 1.54) is 0 Å². The molecule has 1 atom stereocenters. The monoisotopic (exact) mass is 397 g/mol. The lowest BCUT2D eigenvalue weighted by Gasteiger charge is -2.19. The molecule has 1 fully saturated rings. The number of nitrogens with zero attached hydrogens (tertiary/aromatic N) is 2. The number of rotatable bonds is 7. The fraction of sp³-hybridized carbons (Fsp3) is 0.286. The second-order valence-electron chi connectivity index (χ2n) is 7.06. The van der Waals surface area contributed by atoms with E-state index >= 15 is 0 Å². The van der Waals surface area contributed by atoms with Crippen LogP contribution in [-0.2, 0) is 16.1 Å². The Balaban J connectivity index is 1.59. The molecule has 28 heavy (non-hydrogen) atoms. The Kier molecular flexibility index (Phi) is 5.05. The lowest BCUT2D eigenvalue weighted by molar-refractivity contribution is -0.137. The van der Waals surface area contributed by atoms with Gasteiger partial charge in [0, 0.05) is 10.9 Å². The van der Waals surface area contributed by atoms with E-state index in [0.717, 1.165) is 29.7 Å². The Bertz CT molecular complexity index is 1040. The van der Waals surface area contributed by atoms with Crippen LogP contribution in [0.4, 0.5) is 0 Å². The van der Waals surface area contributed by atoms with Gasteiger partial charge in [-0.05, 0) is 36.6 Å². The normalized spacial score (nSPS) is 14.8. The van der Waals surface area contributed by atoms with Crippen molar-refractivity contribution in [2.75, 3.05) is 0 Å². The highest BCUT2D eigenvalue weighted by Crippen LogP contribution is 2.40. The highest BCUT2D eigenvalue weighted by Gasteiger charge is 2.30. The predicted molar refractivity (Wildman–Crippen MR) is 106 cm³/mol. The average Bonchev–Trinajstić information content (AvgIpc) is 3.44. The molecule has 2 aromatic carbocycles. The molecule has 3 aromatic rings. The number of carboxylic acid groups (broad SMARTS) is 1. The van der Waals surface area contributed by atoms with Crippen LogP contribution in [0.5, 0.6) is 0 Å². The van der Waals surface area contributed by atoms with Gasteiger partial charge in [-0.2, -0.15) is 0 Å². The van der Waals surface area contributed by atoms with E-state index in [2.05, 4.69) is 5.32 Å². The SMILES string of the molecule is O=C(O)C[C@@H](NC(=O)Cn1c(C2CC2)nc2ccccc21)c1ccccc1Cl. The molecule has 1 aliphatic rings. The van der Waals surface area contributed by atoms with Crippen molar-refractivity contribution in [2.24, 2.45) is 0 Å². The molecule has 1 amide bonds. The first-order chi connectivity index (χ1) is 13.5. The molecule has 0 unspecified atom stereocenters. The van der Waals surface area contributed by atoms with Crippen LogP contribution in [0.1, 0.15) is 42.6 Å². The summed E-state index contributed by atoms with van der Waals surface area (Å²) in [5.74, 6) is 0.0376. The smallest absolute Gasteiger partial charge is 0.305 e. The number of carboxylic acids is 1. The summed E-state index contributed by atoms with van der Waals surface area (Å²) in [6.07, 6.45) is 1.91. The number of aromatic nitrogens is 2. The number of aliphatic carboxylic acids is 1. The number of hydrogen-bond donors (Lipinski definition) is 2. The second-order valence-corrected chi connectivity index (χ2v) is 7.47. The van der Waals surface area contributed by atoms with Crippen molar-refractivity contribution in [3.8, 4) is 0 Å². The Morgan fingerprint density at radius 1 is 1.18 bits per heavy atom. The number of imidazole rings is 1. The summed E-state index contributed by atoms with van der Waals surface area (Å²) < 4.78 is 1.94. The molecule has 0 bridgehead atoms. The van der Waals surface area contributed by atoms with Crippen LogP contribution >= 0.6 is 11.6 Å². The van der Waals surface area contributed by atoms with Crippen molar-refractivity contribution in [2.45, 2.75) is 37.8 Å². The Labute approximate surface area is 167 Å². The van der Waals surface area contributed by atoms with E-state index in [-0.39, 0.29) is 18.9 Å². The minimum absolute atomic E-state index is 0.0902. The van der Waals surface area contributed by atoms with Gasteiger partial charge < -0.3 is 15.0 Å². The second kappa shape index (κ2) is 7.64. The van der Waals surface area contributed by atoms with Crippen molar-refractivity contribution >= 4 is 34.5 Å². The molecule has 0 aliphatic heterocycles. The molecular weight excluding hydrogens is 378 g/mol. The van der Waals surface area contributed by atoms with Crippen molar-refractivity contribution in [1.82, 2.24) is 14.9 Å². The predicted octanol–water partition coefficient (Wildman–Crippen LogP) is 3.90. The third-order valence-electron chi connectivity index (χ3n) is 4.92. The van der Waals surface area contributed by atoms with Gasteiger partial charge in [0.2, 0.25) is 5.91 Å². The van der Waals surface area contributed by atoms with Crippen molar-refractivity contribution in [1.29, 1.82) is 0 Å². The maximum Gasteiger partial charge on any atom is 0.305 e. The zero-order chi connectivity index (χ0) is 19.7. The molecule has 144 valence electrons. The van der Waals surface area contributed by atoms with Crippen LogP contribution in [-0.4, -0.2) is 26.5 Å². The van der Waals surface area contributed by atoms with Crippen molar-refractivity contribution < 1.29 is 14.7 Å². The number of benzene rings is 2. The lowest BCUT2D eigenvalue weighted by atomic mass is 10.0. The highest BCUT2D eigenvalue weighted by molar-refractivity contribution is 6.31. The van der Waals surface area contributed by atoms with Crippen LogP contribution in [0.15, 0.2) is 48.5 Å². The summed E-state index contributed by atoms with van der Waals surface area (Å²) in [7, 11) is 0. The molecule has 7 heteroatoms. The van der Waals surface area contributed by atoms with Gasteiger partial charge in [-0.15, -0.1) is 0 Å². The molecule has 1 saturated carbocycles. The standard InChI is InChI=1S/C21H20ClN3O3/c22-15-6-2-1-5-14(15)17(11-20(27)28)23-19(26)12-25-18-8-4-3-7-16(18)24-21(25)13-9-10-13/h1-8,13,17H,9-12H2,(H,23,26)(H,27,28)/t17-/m1/s1. The first kappa shape index (κ1) is 18.5. The van der Waals surface area contributed by atoms with Gasteiger partial charge in [0.1, 0.15) is 12.4 Å². The number of nitrogens with one attached hydrogen (secondary N) is 1. The molecule has 0 spiro atoms. The topological polar surface area (TPSA) is 84.2 Å². The van der Waals surface area contributed by atoms with Gasteiger partial charge in [-0.3, -0.25) is 9.59 Å². The molecule has 6 nitrogen and oxygen atoms in total. The fourth-order valence-electron chi connectivity index (χ4n) is 3.47. The maximum atomic E-state index is 12.8. The van der Waals surface area contributed by atoms with Crippen molar-refractivity contribution in [3.63, 3.8) is 0 Å². The highest BCUT2D eigenvalue weighted by atomic mass is 35.5. The third-order valence-corrected chi connectivity index (χ3v) is 5.27. The molecule has 2 N–H and O–H groups in total. The molecular formula is C21H20ClN3O3. The van der Waals surface area contributed by atoms with E-state index in [4.69, 9.17) is 16.6 Å². The minimum Gasteiger partial charge on any atom is -0.481 e. The average molecular weight is 398 g/mol. The van der Waals surface area contributed by atoms with E-state index in [1.54, 1.807) is 24.3 Å². The summed E-state index contributed by atoms with van der Waals surface area (Å²) in [5.41, 5.74) is 2.37. The van der Waals surface area contributed by atoms with Crippen LogP contribution in [0.25, 0.3) is 11.0 Å². The van der Waals surface area contributed by atoms with Gasteiger partial charge in [0.25, 0.3) is 0 Å². The van der Waals surface area contributed by atoms with E-state index < -0.39 is 12.0 Å². The maximum absolute atomic E-state index is 12.8. The summed E-state index contributed by atoms with van der Waals surface area (Å²) in [4.78, 5) is 28.8. The van der Waals surface area contributed by atoms with Crippen LogP contribution in [0.3, 0.4) is 0 Å². The Morgan fingerprint density at radius 2 is 1.89 bits per heavy atom. The van der Waals surface area contributed by atoms with Crippen molar-refractivity contribution in [3.05, 3.63) is 64.9 Å². The van der Waals surface area contributed by atoms with Gasteiger partial charge in [-0.25, -0.2) is 4.98 Å². The van der Waals surface area contributed by atoms with Gasteiger partial charge in [0.15, 0.2) is 0 Å². The quantitative estimate of drug-likeness (QED) is 0.633. The van der Waals surface area contributed by atoms with Gasteiger partial charge >= 0.3 is 5.97 Å². The number of halogens is 1. The number of carbonyl (C=O) groups excluding carboxylic acids is 1. The zero-order valence-electron chi connectivity index (χ0n) is 15.1. The van der Waals surface area contributed by atoms with E-state index in [9.17, 15) is 14.7 Å². The van der Waals surface area contributed by atoms with E-state index in [1.807, 2.05) is 28.8 Å². The zero-order valence-corrected chi connectivity index (χ0v) is 15.9. The Hall–Kier alpha value is -2.86. The summed E-state index contributed by atoms with van der Waals surface area (Å²) in [5, 5.41) is 12.5. The number of hydrogen-bond acceptors (Lipinski definition) is 3. The van der Waals surface area contributed by atoms with Crippen LogP contribution in [0, 0.1) is 0 Å². The number of fused-ring (bicyclic) bond motifs is 1. The number of carbonyl (C=O) groups is 2. The third kappa shape index (κ3) is 3.87. The van der Waals surface area contributed by atoms with Gasteiger partial charge in [0.05, 0.1) is 23.5 Å². The lowest BCUT2D eigenvalue weighted by Crippen LogP contribution is -2.33. The minimum atomic E-state index is -1.00. The first-order valence-electron chi connectivity index (χ1n) is 9.23. The fourth-order valence-corrected chi connectivity index (χ4v) is 3.74.